The number of fused-ring (bicyclic) bond motifs is 2. The van der Waals surface area contributed by atoms with E-state index < -0.39 is 0 Å². The van der Waals surface area contributed by atoms with Gasteiger partial charge in [0.05, 0.1) is 0 Å². The molecule has 12 aromatic carbocycles. The SMILES string of the molecule is O=C1c2ccc3c4ccc5c6c(ccc(c7ccc(c2c37)C(=O)N1C1CCCCC1)c64)C(=O)N(C1CCCCC1)C5=O.c1cc2ccc3ccc4ccc5ccc6ccc1c1c2c3c4c5c61. The lowest BCUT2D eigenvalue weighted by Gasteiger charge is -2.37. The van der Waals surface area contributed by atoms with E-state index in [0.717, 1.165) is 107 Å². The Labute approximate surface area is 378 Å². The summed E-state index contributed by atoms with van der Waals surface area (Å²) < 4.78 is 0. The Hall–Kier alpha value is -7.44. The van der Waals surface area contributed by atoms with E-state index in [9.17, 15) is 19.2 Å². The molecule has 0 atom stereocenters. The molecule has 316 valence electrons. The van der Waals surface area contributed by atoms with E-state index in [0.29, 0.717) is 22.3 Å². The third-order valence-corrected chi connectivity index (χ3v) is 16.5. The molecule has 0 unspecified atom stereocenters. The molecule has 12 aromatic rings. The van der Waals surface area contributed by atoms with Crippen LogP contribution in [0, 0.1) is 0 Å². The highest BCUT2D eigenvalue weighted by Crippen LogP contribution is 2.50. The van der Waals surface area contributed by atoms with E-state index in [-0.39, 0.29) is 35.7 Å². The minimum Gasteiger partial charge on any atom is -0.271 e. The summed E-state index contributed by atoms with van der Waals surface area (Å²) in [5.41, 5.74) is 2.33. The van der Waals surface area contributed by atoms with Gasteiger partial charge < -0.3 is 0 Å². The molecular weight excluding hydrogens is 813 g/mol. The monoisotopic (exact) mass is 854 g/mol. The lowest BCUT2D eigenvalue weighted by atomic mass is 9.81. The van der Waals surface area contributed by atoms with Crippen LogP contribution in [0.15, 0.2) is 121 Å². The Balaban J connectivity index is 0.000000140. The number of imide groups is 2. The molecule has 0 spiro atoms. The Morgan fingerprint density at radius 3 is 0.712 bits per heavy atom. The maximum Gasteiger partial charge on any atom is 0.261 e. The van der Waals surface area contributed by atoms with Crippen molar-refractivity contribution in [1.29, 1.82) is 0 Å². The fourth-order valence-electron chi connectivity index (χ4n) is 13.5. The zero-order valence-electron chi connectivity index (χ0n) is 36.3. The summed E-state index contributed by atoms with van der Waals surface area (Å²) in [5.74, 6) is -0.785. The number of hydrogen-bond donors (Lipinski definition) is 0. The zero-order valence-corrected chi connectivity index (χ0v) is 36.3. The lowest BCUT2D eigenvalue weighted by molar-refractivity contribution is 0.0487. The van der Waals surface area contributed by atoms with E-state index in [2.05, 4.69) is 72.8 Å². The lowest BCUT2D eigenvalue weighted by Crippen LogP contribution is -2.47. The van der Waals surface area contributed by atoms with Crippen molar-refractivity contribution in [3.05, 3.63) is 144 Å². The average molecular weight is 855 g/mol. The van der Waals surface area contributed by atoms with Crippen molar-refractivity contribution in [2.75, 3.05) is 0 Å². The molecular formula is C60H42N2O4. The van der Waals surface area contributed by atoms with Crippen molar-refractivity contribution in [3.8, 4) is 0 Å². The van der Waals surface area contributed by atoms with Crippen LogP contribution >= 0.6 is 0 Å². The first-order valence-electron chi connectivity index (χ1n) is 24.0. The smallest absolute Gasteiger partial charge is 0.261 e. The number of hydrogen-bond acceptors (Lipinski definition) is 4. The minimum absolute atomic E-state index is 0.0469. The van der Waals surface area contributed by atoms with Crippen molar-refractivity contribution in [2.24, 2.45) is 0 Å². The van der Waals surface area contributed by atoms with Crippen LogP contribution < -0.4 is 0 Å². The van der Waals surface area contributed by atoms with E-state index in [1.54, 1.807) is 0 Å². The van der Waals surface area contributed by atoms with Crippen LogP contribution in [0.3, 0.4) is 0 Å². The van der Waals surface area contributed by atoms with Gasteiger partial charge >= 0.3 is 0 Å². The van der Waals surface area contributed by atoms with Crippen LogP contribution in [0.1, 0.15) is 106 Å². The summed E-state index contributed by atoms with van der Waals surface area (Å²) in [4.78, 5) is 58.5. The van der Waals surface area contributed by atoms with Gasteiger partial charge in [-0.05, 0) is 147 Å². The van der Waals surface area contributed by atoms with Crippen LogP contribution in [-0.2, 0) is 0 Å². The first kappa shape index (κ1) is 36.9. The largest absolute Gasteiger partial charge is 0.271 e. The van der Waals surface area contributed by atoms with E-state index in [1.807, 2.05) is 48.5 Å². The third kappa shape index (κ3) is 4.61. The average Bonchev–Trinajstić information content (AvgIpc) is 3.36. The van der Waals surface area contributed by atoms with Gasteiger partial charge in [-0.25, -0.2) is 0 Å². The maximum absolute atomic E-state index is 13.9. The summed E-state index contributed by atoms with van der Waals surface area (Å²) in [5, 5.41) is 23.7. The van der Waals surface area contributed by atoms with Crippen LogP contribution in [0.4, 0.5) is 0 Å². The van der Waals surface area contributed by atoms with Gasteiger partial charge in [0, 0.05) is 45.1 Å². The molecule has 0 N–H and O–H groups in total. The molecule has 2 aliphatic carbocycles. The van der Waals surface area contributed by atoms with Crippen LogP contribution in [-0.4, -0.2) is 45.5 Å². The summed E-state index contributed by atoms with van der Waals surface area (Å²) >= 11 is 0. The second-order valence-corrected chi connectivity index (χ2v) is 19.7. The molecule has 0 aromatic heterocycles. The van der Waals surface area contributed by atoms with Gasteiger partial charge in [0.25, 0.3) is 23.6 Å². The van der Waals surface area contributed by atoms with Crippen molar-refractivity contribution in [3.63, 3.8) is 0 Å². The van der Waals surface area contributed by atoms with Crippen molar-refractivity contribution >= 4 is 131 Å². The van der Waals surface area contributed by atoms with Gasteiger partial charge in [-0.15, -0.1) is 0 Å². The highest BCUT2D eigenvalue weighted by Gasteiger charge is 2.41. The number of amides is 4. The second-order valence-electron chi connectivity index (χ2n) is 19.7. The molecule has 2 saturated carbocycles. The van der Waals surface area contributed by atoms with Gasteiger partial charge in [0.1, 0.15) is 0 Å². The number of rotatable bonds is 2. The minimum atomic E-state index is -0.196. The molecule has 0 bridgehead atoms. The maximum atomic E-state index is 13.9. The normalized spacial score (nSPS) is 17.6. The fraction of sp³-hybridized carbons (Fsp3) is 0.200. The van der Waals surface area contributed by atoms with E-state index >= 15 is 0 Å². The van der Waals surface area contributed by atoms with Crippen LogP contribution in [0.5, 0.6) is 0 Å². The highest BCUT2D eigenvalue weighted by atomic mass is 16.2. The van der Waals surface area contributed by atoms with Crippen molar-refractivity contribution < 1.29 is 19.2 Å². The molecule has 16 rings (SSSR count). The van der Waals surface area contributed by atoms with Crippen LogP contribution in [0.2, 0.25) is 0 Å². The molecule has 2 aliphatic heterocycles. The van der Waals surface area contributed by atoms with Gasteiger partial charge in [0.2, 0.25) is 0 Å². The summed E-state index contributed by atoms with van der Waals surface area (Å²) in [6, 6.07) is 42.6. The number of carbonyl (C=O) groups excluding carboxylic acids is 4. The Morgan fingerprint density at radius 1 is 0.258 bits per heavy atom. The van der Waals surface area contributed by atoms with Crippen LogP contribution in [0.25, 0.3) is 108 Å². The Kier molecular flexibility index (Phi) is 7.31. The summed E-state index contributed by atoms with van der Waals surface area (Å²) in [6.07, 6.45) is 9.90. The first-order valence-corrected chi connectivity index (χ1v) is 24.0. The first-order chi connectivity index (χ1) is 32.4. The quantitative estimate of drug-likeness (QED) is 0.0986. The topological polar surface area (TPSA) is 74.8 Å². The zero-order chi connectivity index (χ0) is 43.7. The molecule has 4 amide bonds. The molecule has 0 radical (unpaired) electrons. The highest BCUT2D eigenvalue weighted by molar-refractivity contribution is 6.45. The predicted molar refractivity (Wildman–Crippen MR) is 267 cm³/mol. The van der Waals surface area contributed by atoms with Gasteiger partial charge in [-0.1, -0.05) is 136 Å². The number of nitrogens with zero attached hydrogens (tertiary/aromatic N) is 2. The Morgan fingerprint density at radius 2 is 0.485 bits per heavy atom. The Bertz CT molecular complexity index is 3450. The summed E-state index contributed by atoms with van der Waals surface area (Å²) in [6.45, 7) is 0. The molecule has 6 heteroatoms. The standard InChI is InChI=1S/C36H30N2O4.C24H12/c39-33-25-15-11-21-23-13-17-27-32-28(36(42)38(35(27)41)20-9-5-2-6-10-20)18-14-24(30(23)32)22-12-16-26(31(25)29(21)22)34(40)37(33)19-7-3-1-4-8-19;1-2-14-5-6-16-9-11-18-12-10-17-8-7-15-4-3-13(1)19-20(14)22(16)24(18)23(17)21(15)19/h11-20H,1-10H2;1-12H. The molecule has 66 heavy (non-hydrogen) atoms. The van der Waals surface area contributed by atoms with Crippen molar-refractivity contribution in [1.82, 2.24) is 9.80 Å². The van der Waals surface area contributed by atoms with E-state index in [4.69, 9.17) is 0 Å². The predicted octanol–water partition coefficient (Wildman–Crippen LogP) is 14.5. The molecule has 2 heterocycles. The molecule has 6 nitrogen and oxygen atoms in total. The van der Waals surface area contributed by atoms with Crippen molar-refractivity contribution in [2.45, 2.75) is 76.3 Å². The van der Waals surface area contributed by atoms with Gasteiger partial charge in [-0.3, -0.25) is 29.0 Å². The second kappa shape index (κ2) is 13.1. The molecule has 2 fully saturated rings. The number of benzene rings is 12. The van der Waals surface area contributed by atoms with Gasteiger partial charge in [0.15, 0.2) is 0 Å². The third-order valence-electron chi connectivity index (χ3n) is 16.5. The molecule has 4 aliphatic rings. The molecule has 0 saturated heterocycles. The summed E-state index contributed by atoms with van der Waals surface area (Å²) in [7, 11) is 0. The van der Waals surface area contributed by atoms with Gasteiger partial charge in [-0.2, -0.15) is 0 Å². The van der Waals surface area contributed by atoms with E-state index in [1.165, 1.54) is 74.4 Å². The fourth-order valence-corrected chi connectivity index (χ4v) is 13.5. The number of carbonyl (C=O) groups is 4.